The SMILES string of the molecule is O=C(c1ccccc1)[C@@H](OC(=O)C12C[C@H]3C[C@@H](CC(Br)(C3)C1)C2)c1ccccc1. The molecule has 2 aromatic carbocycles. The van der Waals surface area contributed by atoms with Gasteiger partial charge in [-0.3, -0.25) is 9.59 Å². The van der Waals surface area contributed by atoms with Gasteiger partial charge in [-0.15, -0.1) is 0 Å². The van der Waals surface area contributed by atoms with Gasteiger partial charge in [0.15, 0.2) is 6.10 Å². The number of hydrogen-bond acceptors (Lipinski definition) is 3. The third kappa shape index (κ3) is 3.46. The first kappa shape index (κ1) is 19.0. The van der Waals surface area contributed by atoms with Crippen LogP contribution in [0.1, 0.15) is 60.6 Å². The van der Waals surface area contributed by atoms with E-state index in [1.807, 2.05) is 48.5 Å². The van der Waals surface area contributed by atoms with E-state index < -0.39 is 11.5 Å². The average molecular weight is 453 g/mol. The fraction of sp³-hybridized carbons (Fsp3) is 0.440. The van der Waals surface area contributed by atoms with Crippen LogP contribution in [0.4, 0.5) is 0 Å². The van der Waals surface area contributed by atoms with E-state index >= 15 is 0 Å². The molecule has 29 heavy (non-hydrogen) atoms. The van der Waals surface area contributed by atoms with Crippen LogP contribution in [0.25, 0.3) is 0 Å². The molecule has 0 aromatic heterocycles. The zero-order valence-corrected chi connectivity index (χ0v) is 17.9. The highest BCUT2D eigenvalue weighted by Crippen LogP contribution is 2.64. The van der Waals surface area contributed by atoms with Gasteiger partial charge in [-0.1, -0.05) is 76.6 Å². The topological polar surface area (TPSA) is 43.4 Å². The molecule has 6 rings (SSSR count). The third-order valence-electron chi connectivity index (χ3n) is 7.05. The van der Waals surface area contributed by atoms with Crippen LogP contribution in [-0.2, 0) is 9.53 Å². The molecule has 150 valence electrons. The number of ether oxygens (including phenoxy) is 1. The molecule has 4 saturated carbocycles. The fourth-order valence-electron chi connectivity index (χ4n) is 6.28. The van der Waals surface area contributed by atoms with Crippen molar-refractivity contribution in [2.45, 2.75) is 49.0 Å². The lowest BCUT2D eigenvalue weighted by molar-refractivity contribution is -0.173. The Balaban J connectivity index is 1.45. The minimum Gasteiger partial charge on any atom is -0.449 e. The maximum Gasteiger partial charge on any atom is 0.313 e. The molecule has 0 aliphatic heterocycles. The van der Waals surface area contributed by atoms with Crippen molar-refractivity contribution < 1.29 is 14.3 Å². The van der Waals surface area contributed by atoms with Gasteiger partial charge >= 0.3 is 5.97 Å². The van der Waals surface area contributed by atoms with Crippen LogP contribution >= 0.6 is 15.9 Å². The highest BCUT2D eigenvalue weighted by Gasteiger charge is 2.60. The zero-order chi connectivity index (χ0) is 20.1. The van der Waals surface area contributed by atoms with E-state index in [-0.39, 0.29) is 16.1 Å². The number of hydrogen-bond donors (Lipinski definition) is 0. The first-order chi connectivity index (χ1) is 14.0. The van der Waals surface area contributed by atoms with Gasteiger partial charge in [0.05, 0.1) is 5.41 Å². The second-order valence-corrected chi connectivity index (χ2v) is 11.0. The number of ketones is 1. The van der Waals surface area contributed by atoms with Crippen molar-refractivity contribution in [1.29, 1.82) is 0 Å². The van der Waals surface area contributed by atoms with E-state index in [0.717, 1.165) is 37.7 Å². The van der Waals surface area contributed by atoms with E-state index in [0.29, 0.717) is 17.4 Å². The molecule has 0 spiro atoms. The Morgan fingerprint density at radius 2 is 1.48 bits per heavy atom. The molecule has 3 nitrogen and oxygen atoms in total. The summed E-state index contributed by atoms with van der Waals surface area (Å²) >= 11 is 3.96. The van der Waals surface area contributed by atoms with Crippen molar-refractivity contribution in [3.63, 3.8) is 0 Å². The van der Waals surface area contributed by atoms with Crippen molar-refractivity contribution in [3.05, 3.63) is 71.8 Å². The van der Waals surface area contributed by atoms with Crippen molar-refractivity contribution in [2.75, 3.05) is 0 Å². The van der Waals surface area contributed by atoms with E-state index in [9.17, 15) is 9.59 Å². The lowest BCUT2D eigenvalue weighted by Gasteiger charge is -2.59. The summed E-state index contributed by atoms with van der Waals surface area (Å²) in [5, 5.41) is 0. The molecule has 4 aliphatic carbocycles. The van der Waals surface area contributed by atoms with Crippen LogP contribution in [0.15, 0.2) is 60.7 Å². The van der Waals surface area contributed by atoms with Crippen LogP contribution in [0.3, 0.4) is 0 Å². The Labute approximate surface area is 180 Å². The summed E-state index contributed by atoms with van der Waals surface area (Å²) in [6, 6.07) is 18.5. The molecule has 0 amide bonds. The summed E-state index contributed by atoms with van der Waals surface area (Å²) in [5.41, 5.74) is 0.849. The van der Waals surface area contributed by atoms with Gasteiger partial charge in [0.25, 0.3) is 0 Å². The molecule has 4 aliphatic rings. The van der Waals surface area contributed by atoms with Gasteiger partial charge in [-0.05, 0) is 50.4 Å². The number of carbonyl (C=O) groups excluding carboxylic acids is 2. The zero-order valence-electron chi connectivity index (χ0n) is 16.4. The van der Waals surface area contributed by atoms with Crippen LogP contribution in [0.2, 0.25) is 0 Å². The molecule has 0 unspecified atom stereocenters. The van der Waals surface area contributed by atoms with Crippen molar-refractivity contribution in [1.82, 2.24) is 0 Å². The lowest BCUT2D eigenvalue weighted by atomic mass is 9.49. The van der Waals surface area contributed by atoms with Crippen LogP contribution in [-0.4, -0.2) is 16.1 Å². The molecule has 2 aromatic rings. The van der Waals surface area contributed by atoms with Crippen molar-refractivity contribution in [3.8, 4) is 0 Å². The van der Waals surface area contributed by atoms with Crippen molar-refractivity contribution in [2.24, 2.45) is 17.3 Å². The molecule has 3 atom stereocenters. The number of halogens is 1. The first-order valence-corrected chi connectivity index (χ1v) is 11.3. The number of Topliss-reactive ketones (excluding diaryl/α,β-unsaturated/α-hetero) is 1. The largest absolute Gasteiger partial charge is 0.449 e. The summed E-state index contributed by atoms with van der Waals surface area (Å²) < 4.78 is 6.14. The van der Waals surface area contributed by atoms with E-state index in [1.165, 1.54) is 6.42 Å². The maximum atomic E-state index is 13.6. The highest BCUT2D eigenvalue weighted by molar-refractivity contribution is 9.10. The van der Waals surface area contributed by atoms with E-state index in [4.69, 9.17) is 4.74 Å². The molecule has 0 radical (unpaired) electrons. The predicted molar refractivity (Wildman–Crippen MR) is 115 cm³/mol. The number of carbonyl (C=O) groups is 2. The molecule has 4 bridgehead atoms. The van der Waals surface area contributed by atoms with Gasteiger partial charge in [0, 0.05) is 15.5 Å². The molecule has 0 saturated heterocycles. The Bertz CT molecular complexity index is 910. The second kappa shape index (κ2) is 7.09. The molecule has 4 heteroatoms. The summed E-state index contributed by atoms with van der Waals surface area (Å²) in [5.74, 6) is 0.823. The number of esters is 1. The number of rotatable bonds is 5. The fourth-order valence-corrected chi connectivity index (χ4v) is 7.73. The summed E-state index contributed by atoms with van der Waals surface area (Å²) in [4.78, 5) is 26.8. The monoisotopic (exact) mass is 452 g/mol. The van der Waals surface area contributed by atoms with Gasteiger partial charge < -0.3 is 4.74 Å². The second-order valence-electron chi connectivity index (χ2n) is 9.32. The Kier molecular flexibility index (Phi) is 4.65. The van der Waals surface area contributed by atoms with Gasteiger partial charge in [0.2, 0.25) is 5.78 Å². The average Bonchev–Trinajstić information content (AvgIpc) is 2.71. The third-order valence-corrected chi connectivity index (χ3v) is 7.97. The van der Waals surface area contributed by atoms with E-state index in [2.05, 4.69) is 15.9 Å². The van der Waals surface area contributed by atoms with Gasteiger partial charge in [0.1, 0.15) is 0 Å². The van der Waals surface area contributed by atoms with E-state index in [1.54, 1.807) is 12.1 Å². The lowest BCUT2D eigenvalue weighted by Crippen LogP contribution is -2.56. The van der Waals surface area contributed by atoms with Crippen molar-refractivity contribution >= 4 is 27.7 Å². The molecular formula is C25H25BrO3. The number of alkyl halides is 1. The standard InChI is InChI=1S/C25H25BrO3/c26-25-14-17-11-18(15-25)13-24(12-17,16-25)23(28)29-22(20-9-5-2-6-10-20)21(27)19-7-3-1-4-8-19/h1-10,17-18,22H,11-16H2/t17-,18-,22+,24?,25?/m1/s1. The van der Waals surface area contributed by atoms with Gasteiger partial charge in [-0.25, -0.2) is 0 Å². The van der Waals surface area contributed by atoms with Crippen LogP contribution in [0, 0.1) is 17.3 Å². The molecule has 0 heterocycles. The summed E-state index contributed by atoms with van der Waals surface area (Å²) in [6.07, 6.45) is 5.27. The first-order valence-electron chi connectivity index (χ1n) is 10.5. The highest BCUT2D eigenvalue weighted by atomic mass is 79.9. The smallest absolute Gasteiger partial charge is 0.313 e. The molecular weight excluding hydrogens is 428 g/mol. The van der Waals surface area contributed by atoms with Crippen LogP contribution in [0.5, 0.6) is 0 Å². The Hall–Kier alpha value is -1.94. The minimum absolute atomic E-state index is 0.0712. The Morgan fingerprint density at radius 1 is 0.897 bits per heavy atom. The predicted octanol–water partition coefficient (Wildman–Crippen LogP) is 5.89. The normalized spacial score (nSPS) is 33.3. The Morgan fingerprint density at radius 3 is 2.07 bits per heavy atom. The van der Waals surface area contributed by atoms with Gasteiger partial charge in [-0.2, -0.15) is 0 Å². The quantitative estimate of drug-likeness (QED) is 0.322. The van der Waals surface area contributed by atoms with Crippen LogP contribution < -0.4 is 0 Å². The molecule has 0 N–H and O–H groups in total. The summed E-state index contributed by atoms with van der Waals surface area (Å²) in [7, 11) is 0. The minimum atomic E-state index is -0.898. The summed E-state index contributed by atoms with van der Waals surface area (Å²) in [6.45, 7) is 0. The maximum absolute atomic E-state index is 13.6. The number of benzene rings is 2. The molecule has 4 fully saturated rings.